The Morgan fingerprint density at radius 3 is 2.53 bits per heavy atom. The molecular formula is C14H17N. The third-order valence-corrected chi connectivity index (χ3v) is 2.80. The smallest absolute Gasteiger partial charge is 0.00483 e. The maximum Gasteiger partial charge on any atom is -0.00483 e. The Balaban J connectivity index is 2.30. The van der Waals surface area contributed by atoms with Crippen LogP contribution in [0.1, 0.15) is 12.5 Å². The molecule has 15 heavy (non-hydrogen) atoms. The highest BCUT2D eigenvalue weighted by molar-refractivity contribution is 5.82. The van der Waals surface area contributed by atoms with Gasteiger partial charge in [0.1, 0.15) is 0 Å². The summed E-state index contributed by atoms with van der Waals surface area (Å²) in [5.74, 6) is 0.561. The number of hydrogen-bond donors (Lipinski definition) is 1. The second kappa shape index (κ2) is 4.45. The lowest BCUT2D eigenvalue weighted by Gasteiger charge is -2.08. The number of rotatable bonds is 3. The molecule has 0 heterocycles. The van der Waals surface area contributed by atoms with Gasteiger partial charge in [-0.15, -0.1) is 0 Å². The van der Waals surface area contributed by atoms with Crippen LogP contribution in [0, 0.1) is 5.92 Å². The molecule has 2 N–H and O–H groups in total. The van der Waals surface area contributed by atoms with E-state index in [1.165, 1.54) is 16.3 Å². The summed E-state index contributed by atoms with van der Waals surface area (Å²) in [6.07, 6.45) is 1.07. The van der Waals surface area contributed by atoms with Crippen molar-refractivity contribution in [3.8, 4) is 0 Å². The van der Waals surface area contributed by atoms with E-state index in [-0.39, 0.29) is 0 Å². The molecule has 0 aliphatic heterocycles. The van der Waals surface area contributed by atoms with Gasteiger partial charge in [0.15, 0.2) is 0 Å². The van der Waals surface area contributed by atoms with Crippen LogP contribution in [-0.4, -0.2) is 6.54 Å². The Bertz CT molecular complexity index is 448. The third-order valence-electron chi connectivity index (χ3n) is 2.80. The monoisotopic (exact) mass is 199 g/mol. The first-order chi connectivity index (χ1) is 7.29. The fourth-order valence-electron chi connectivity index (χ4n) is 1.85. The van der Waals surface area contributed by atoms with Gasteiger partial charge in [0.25, 0.3) is 0 Å². The molecule has 0 saturated heterocycles. The SMILES string of the molecule is CC(CN)Cc1ccc2ccccc2c1. The Labute approximate surface area is 90.9 Å². The van der Waals surface area contributed by atoms with Crippen molar-refractivity contribution in [2.45, 2.75) is 13.3 Å². The van der Waals surface area contributed by atoms with Gasteiger partial charge in [-0.2, -0.15) is 0 Å². The predicted octanol–water partition coefficient (Wildman–Crippen LogP) is 2.98. The van der Waals surface area contributed by atoms with Gasteiger partial charge < -0.3 is 5.73 Å². The molecule has 0 aliphatic carbocycles. The summed E-state index contributed by atoms with van der Waals surface area (Å²) in [6, 6.07) is 15.1. The van der Waals surface area contributed by atoms with Crippen molar-refractivity contribution in [2.24, 2.45) is 11.7 Å². The highest BCUT2D eigenvalue weighted by Crippen LogP contribution is 2.17. The Hall–Kier alpha value is -1.34. The van der Waals surface area contributed by atoms with E-state index in [0.717, 1.165) is 13.0 Å². The molecule has 1 heteroatoms. The molecule has 0 saturated carbocycles. The average molecular weight is 199 g/mol. The van der Waals surface area contributed by atoms with Crippen LogP contribution < -0.4 is 5.73 Å². The normalized spacial score (nSPS) is 12.9. The van der Waals surface area contributed by atoms with E-state index in [1.807, 2.05) is 0 Å². The van der Waals surface area contributed by atoms with Crippen molar-refractivity contribution in [3.05, 3.63) is 48.0 Å². The van der Waals surface area contributed by atoms with E-state index in [0.29, 0.717) is 5.92 Å². The van der Waals surface area contributed by atoms with Gasteiger partial charge in [-0.3, -0.25) is 0 Å². The summed E-state index contributed by atoms with van der Waals surface area (Å²) in [5, 5.41) is 2.63. The maximum absolute atomic E-state index is 5.63. The largest absolute Gasteiger partial charge is 0.330 e. The second-order valence-corrected chi connectivity index (χ2v) is 4.23. The summed E-state index contributed by atoms with van der Waals surface area (Å²) < 4.78 is 0. The van der Waals surface area contributed by atoms with Crippen molar-refractivity contribution in [2.75, 3.05) is 6.54 Å². The van der Waals surface area contributed by atoms with Gasteiger partial charge in [-0.1, -0.05) is 49.4 Å². The number of nitrogens with two attached hydrogens (primary N) is 1. The molecule has 0 radical (unpaired) electrons. The molecule has 0 fully saturated rings. The van der Waals surface area contributed by atoms with E-state index in [9.17, 15) is 0 Å². The Morgan fingerprint density at radius 1 is 1.07 bits per heavy atom. The zero-order valence-electron chi connectivity index (χ0n) is 9.11. The molecule has 1 unspecified atom stereocenters. The fourth-order valence-corrected chi connectivity index (χ4v) is 1.85. The molecule has 78 valence electrons. The van der Waals surface area contributed by atoms with Gasteiger partial charge in [-0.25, -0.2) is 0 Å². The Morgan fingerprint density at radius 2 is 1.80 bits per heavy atom. The lowest BCUT2D eigenvalue weighted by atomic mass is 9.99. The molecule has 0 amide bonds. The molecule has 0 spiro atoms. The van der Waals surface area contributed by atoms with Crippen molar-refractivity contribution < 1.29 is 0 Å². The van der Waals surface area contributed by atoms with E-state index >= 15 is 0 Å². The summed E-state index contributed by atoms with van der Waals surface area (Å²) in [4.78, 5) is 0. The van der Waals surface area contributed by atoms with Crippen molar-refractivity contribution in [1.82, 2.24) is 0 Å². The van der Waals surface area contributed by atoms with Crippen molar-refractivity contribution in [3.63, 3.8) is 0 Å². The van der Waals surface area contributed by atoms with Crippen LogP contribution in [0.3, 0.4) is 0 Å². The molecular weight excluding hydrogens is 182 g/mol. The van der Waals surface area contributed by atoms with E-state index in [1.54, 1.807) is 0 Å². The van der Waals surface area contributed by atoms with Crippen LogP contribution in [0.2, 0.25) is 0 Å². The minimum Gasteiger partial charge on any atom is -0.330 e. The molecule has 2 rings (SSSR count). The molecule has 1 nitrogen and oxygen atoms in total. The minimum absolute atomic E-state index is 0.561. The van der Waals surface area contributed by atoms with E-state index in [2.05, 4.69) is 49.4 Å². The molecule has 2 aromatic rings. The molecule has 0 aliphatic rings. The van der Waals surface area contributed by atoms with Crippen LogP contribution in [0.25, 0.3) is 10.8 Å². The lowest BCUT2D eigenvalue weighted by molar-refractivity contribution is 0.593. The van der Waals surface area contributed by atoms with Crippen LogP contribution >= 0.6 is 0 Å². The summed E-state index contributed by atoms with van der Waals surface area (Å²) in [7, 11) is 0. The second-order valence-electron chi connectivity index (χ2n) is 4.23. The lowest BCUT2D eigenvalue weighted by Crippen LogP contribution is -2.12. The van der Waals surface area contributed by atoms with Gasteiger partial charge in [0.2, 0.25) is 0 Å². The molecule has 0 bridgehead atoms. The highest BCUT2D eigenvalue weighted by Gasteiger charge is 2.01. The van der Waals surface area contributed by atoms with Gasteiger partial charge in [-0.05, 0) is 35.2 Å². The first-order valence-corrected chi connectivity index (χ1v) is 5.47. The van der Waals surface area contributed by atoms with Crippen LogP contribution in [0.5, 0.6) is 0 Å². The standard InChI is InChI=1S/C14H17N/c1-11(10-15)8-12-6-7-13-4-2-3-5-14(13)9-12/h2-7,9,11H,8,10,15H2,1H3. The average Bonchev–Trinajstić information content (AvgIpc) is 2.29. The third kappa shape index (κ3) is 2.37. The quantitative estimate of drug-likeness (QED) is 0.808. The number of fused-ring (bicyclic) bond motifs is 1. The van der Waals surface area contributed by atoms with Gasteiger partial charge in [0, 0.05) is 0 Å². The molecule has 1 atom stereocenters. The topological polar surface area (TPSA) is 26.0 Å². The molecule has 0 aromatic heterocycles. The van der Waals surface area contributed by atoms with Gasteiger partial charge >= 0.3 is 0 Å². The van der Waals surface area contributed by atoms with Gasteiger partial charge in [0.05, 0.1) is 0 Å². The summed E-state index contributed by atoms with van der Waals surface area (Å²) >= 11 is 0. The van der Waals surface area contributed by atoms with Crippen LogP contribution in [0.4, 0.5) is 0 Å². The van der Waals surface area contributed by atoms with E-state index < -0.39 is 0 Å². The van der Waals surface area contributed by atoms with Crippen LogP contribution in [0.15, 0.2) is 42.5 Å². The first-order valence-electron chi connectivity index (χ1n) is 5.47. The first kappa shape index (κ1) is 10.2. The predicted molar refractivity (Wildman–Crippen MR) is 65.9 cm³/mol. The van der Waals surface area contributed by atoms with Crippen molar-refractivity contribution in [1.29, 1.82) is 0 Å². The minimum atomic E-state index is 0.561. The summed E-state index contributed by atoms with van der Waals surface area (Å²) in [5.41, 5.74) is 7.01. The number of hydrogen-bond acceptors (Lipinski definition) is 1. The maximum atomic E-state index is 5.63. The van der Waals surface area contributed by atoms with E-state index in [4.69, 9.17) is 5.73 Å². The zero-order chi connectivity index (χ0) is 10.7. The highest BCUT2D eigenvalue weighted by atomic mass is 14.5. The zero-order valence-corrected chi connectivity index (χ0v) is 9.11. The van der Waals surface area contributed by atoms with Crippen molar-refractivity contribution >= 4 is 10.8 Å². The Kier molecular flexibility index (Phi) is 3.02. The molecule has 2 aromatic carbocycles. The van der Waals surface area contributed by atoms with Crippen LogP contribution in [-0.2, 0) is 6.42 Å². The number of benzene rings is 2. The fraction of sp³-hybridized carbons (Fsp3) is 0.286. The summed E-state index contributed by atoms with van der Waals surface area (Å²) in [6.45, 7) is 2.95.